The summed E-state index contributed by atoms with van der Waals surface area (Å²) in [6, 6.07) is 22.1. The van der Waals surface area contributed by atoms with E-state index in [4.69, 9.17) is 4.74 Å². The van der Waals surface area contributed by atoms with Gasteiger partial charge in [-0.25, -0.2) is 0 Å². The Kier molecular flexibility index (Phi) is 7.15. The lowest BCUT2D eigenvalue weighted by Crippen LogP contribution is -2.58. The fourth-order valence-electron chi connectivity index (χ4n) is 8.54. The molecule has 0 spiro atoms. The first-order valence-electron chi connectivity index (χ1n) is 15.3. The Balaban J connectivity index is 1.54. The quantitative estimate of drug-likeness (QED) is 0.265. The number of nitrogens with zero attached hydrogens (tertiary/aromatic N) is 1. The zero-order valence-corrected chi connectivity index (χ0v) is 26.5. The number of allylic oxidation sites excluding steroid dienone is 4. The summed E-state index contributed by atoms with van der Waals surface area (Å²) in [5.41, 5.74) is 1.91. The molecule has 0 aromatic heterocycles. The first-order valence-corrected chi connectivity index (χ1v) is 16.1. The van der Waals surface area contributed by atoms with Gasteiger partial charge in [0.1, 0.15) is 0 Å². The van der Waals surface area contributed by atoms with E-state index in [-0.39, 0.29) is 47.8 Å². The van der Waals surface area contributed by atoms with E-state index in [1.165, 1.54) is 18.1 Å². The maximum Gasteiger partial charge on any atom is 0.233 e. The van der Waals surface area contributed by atoms with Gasteiger partial charge in [0, 0.05) is 24.0 Å². The largest absolute Gasteiger partial charge is 0.503 e. The summed E-state index contributed by atoms with van der Waals surface area (Å²) >= 11 is 3.48. The van der Waals surface area contributed by atoms with E-state index in [0.29, 0.717) is 33.2 Å². The third-order valence-corrected chi connectivity index (χ3v) is 11.0. The molecular formula is C37H32BrNO6. The van der Waals surface area contributed by atoms with Gasteiger partial charge < -0.3 is 9.84 Å². The number of likely N-dealkylation sites (tertiary alicyclic amines) is 1. The number of carbonyl (C=O) groups is 4. The number of ketones is 2. The second kappa shape index (κ2) is 10.9. The molecule has 3 aromatic rings. The van der Waals surface area contributed by atoms with E-state index in [1.807, 2.05) is 66.7 Å². The number of Topliss-reactive ketones (excluding diaryl/α,β-unsaturated/α-hetero) is 1. The van der Waals surface area contributed by atoms with E-state index in [2.05, 4.69) is 15.9 Å². The summed E-state index contributed by atoms with van der Waals surface area (Å²) in [7, 11) is 1.46. The highest BCUT2D eigenvalue weighted by atomic mass is 79.9. The lowest BCUT2D eigenvalue weighted by Gasteiger charge is -2.55. The van der Waals surface area contributed by atoms with Crippen LogP contribution in [0.3, 0.4) is 0 Å². The van der Waals surface area contributed by atoms with Crippen molar-refractivity contribution in [3.05, 3.63) is 112 Å². The predicted molar refractivity (Wildman–Crippen MR) is 171 cm³/mol. The number of phenols is 1. The number of imide groups is 1. The molecule has 0 bridgehead atoms. The Morgan fingerprint density at radius 3 is 2.31 bits per heavy atom. The Morgan fingerprint density at radius 2 is 1.64 bits per heavy atom. The minimum Gasteiger partial charge on any atom is -0.503 e. The highest BCUT2D eigenvalue weighted by Gasteiger charge is 2.65. The van der Waals surface area contributed by atoms with E-state index in [1.54, 1.807) is 19.1 Å². The summed E-state index contributed by atoms with van der Waals surface area (Å²) in [6.07, 6.45) is 4.15. The molecule has 6 atom stereocenters. The second-order valence-corrected chi connectivity index (χ2v) is 13.1. The number of phenolic OH excluding ortho intramolecular Hbond substituents is 1. The summed E-state index contributed by atoms with van der Waals surface area (Å²) in [5.74, 6) is -3.68. The van der Waals surface area contributed by atoms with Crippen molar-refractivity contribution in [2.24, 2.45) is 23.7 Å². The second-order valence-electron chi connectivity index (χ2n) is 12.3. The van der Waals surface area contributed by atoms with Crippen LogP contribution in [0.4, 0.5) is 0 Å². The molecule has 8 heteroatoms. The minimum absolute atomic E-state index is 0.0796. The molecule has 0 radical (unpaired) electrons. The van der Waals surface area contributed by atoms with Crippen molar-refractivity contribution in [2.75, 3.05) is 13.7 Å². The predicted octanol–water partition coefficient (Wildman–Crippen LogP) is 6.01. The van der Waals surface area contributed by atoms with Gasteiger partial charge in [-0.2, -0.15) is 0 Å². The number of rotatable bonds is 5. The van der Waals surface area contributed by atoms with Crippen LogP contribution in [-0.2, 0) is 24.6 Å². The highest BCUT2D eigenvalue weighted by Crippen LogP contribution is 2.64. The van der Waals surface area contributed by atoms with E-state index in [9.17, 15) is 19.5 Å². The zero-order chi connectivity index (χ0) is 31.6. The third kappa shape index (κ3) is 4.14. The van der Waals surface area contributed by atoms with E-state index < -0.39 is 35.0 Å². The van der Waals surface area contributed by atoms with Gasteiger partial charge in [0.05, 0.1) is 28.8 Å². The van der Waals surface area contributed by atoms with Crippen LogP contribution in [-0.4, -0.2) is 47.0 Å². The highest BCUT2D eigenvalue weighted by molar-refractivity contribution is 9.10. The fraction of sp³-hybridized carbons (Fsp3) is 0.297. The molecule has 4 aliphatic rings. The first-order chi connectivity index (χ1) is 21.7. The van der Waals surface area contributed by atoms with Crippen LogP contribution in [0.15, 0.2) is 95.0 Å². The van der Waals surface area contributed by atoms with E-state index in [0.717, 1.165) is 5.57 Å². The molecule has 45 heavy (non-hydrogen) atoms. The van der Waals surface area contributed by atoms with Crippen molar-refractivity contribution >= 4 is 44.9 Å². The van der Waals surface area contributed by atoms with Gasteiger partial charge in [0.15, 0.2) is 23.1 Å². The Morgan fingerprint density at radius 1 is 0.956 bits per heavy atom. The van der Waals surface area contributed by atoms with Gasteiger partial charge in [-0.05, 0) is 76.5 Å². The van der Waals surface area contributed by atoms with Crippen LogP contribution in [0.2, 0.25) is 0 Å². The number of hydrogen-bond acceptors (Lipinski definition) is 6. The summed E-state index contributed by atoms with van der Waals surface area (Å²) in [5, 5.41) is 10.8. The molecule has 1 aliphatic heterocycles. The summed E-state index contributed by atoms with van der Waals surface area (Å²) in [6.45, 7) is 2.08. The molecular weight excluding hydrogens is 634 g/mol. The average molecular weight is 667 g/mol. The van der Waals surface area contributed by atoms with Gasteiger partial charge in [0.25, 0.3) is 0 Å². The van der Waals surface area contributed by atoms with Crippen molar-refractivity contribution in [3.8, 4) is 11.5 Å². The topological polar surface area (TPSA) is 101 Å². The summed E-state index contributed by atoms with van der Waals surface area (Å²) < 4.78 is 5.93. The first kappa shape index (κ1) is 29.4. The maximum absolute atomic E-state index is 15.0. The molecule has 3 aromatic carbocycles. The van der Waals surface area contributed by atoms with Crippen molar-refractivity contribution in [3.63, 3.8) is 0 Å². The van der Waals surface area contributed by atoms with Crippen LogP contribution in [0, 0.1) is 23.7 Å². The number of aromatic hydroxyl groups is 1. The number of carbonyl (C=O) groups excluding carboxylic acids is 4. The Hall–Kier alpha value is -4.30. The summed E-state index contributed by atoms with van der Waals surface area (Å²) in [4.78, 5) is 58.5. The molecule has 1 saturated carbocycles. The number of hydrogen-bond donors (Lipinski definition) is 1. The van der Waals surface area contributed by atoms with Crippen molar-refractivity contribution in [2.45, 2.75) is 31.1 Å². The molecule has 0 unspecified atom stereocenters. The average Bonchev–Trinajstić information content (AvgIpc) is 3.32. The van der Waals surface area contributed by atoms with Gasteiger partial charge in [-0.1, -0.05) is 72.3 Å². The van der Waals surface area contributed by atoms with Gasteiger partial charge >= 0.3 is 0 Å². The normalized spacial score (nSPS) is 29.0. The fourth-order valence-corrected chi connectivity index (χ4v) is 9.00. The lowest BCUT2D eigenvalue weighted by atomic mass is 9.44. The van der Waals surface area contributed by atoms with Crippen LogP contribution >= 0.6 is 15.9 Å². The third-order valence-electron chi connectivity index (χ3n) is 10.4. The van der Waals surface area contributed by atoms with Crippen molar-refractivity contribution in [1.29, 1.82) is 0 Å². The Bertz CT molecular complexity index is 1810. The van der Waals surface area contributed by atoms with Crippen LogP contribution in [0.25, 0.3) is 5.57 Å². The molecule has 228 valence electrons. The molecule has 2 amide bonds. The number of fused-ring (bicyclic) bond motifs is 4. The van der Waals surface area contributed by atoms with Crippen molar-refractivity contribution in [1.82, 2.24) is 4.90 Å². The number of methoxy groups -OCH3 is 1. The number of ether oxygens (including phenoxy) is 1. The molecule has 2 fully saturated rings. The van der Waals surface area contributed by atoms with Gasteiger partial charge in [-0.3, -0.25) is 24.1 Å². The van der Waals surface area contributed by atoms with Crippen LogP contribution < -0.4 is 4.74 Å². The van der Waals surface area contributed by atoms with Gasteiger partial charge in [0.2, 0.25) is 11.8 Å². The van der Waals surface area contributed by atoms with Gasteiger partial charge in [-0.15, -0.1) is 0 Å². The monoisotopic (exact) mass is 665 g/mol. The maximum atomic E-state index is 15.0. The molecule has 1 heterocycles. The molecule has 3 aliphatic carbocycles. The zero-order valence-electron chi connectivity index (χ0n) is 24.9. The smallest absolute Gasteiger partial charge is 0.233 e. The molecule has 7 nitrogen and oxygen atoms in total. The molecule has 7 rings (SSSR count). The Labute approximate surface area is 269 Å². The van der Waals surface area contributed by atoms with Crippen LogP contribution in [0.1, 0.15) is 42.4 Å². The standard InChI is InChI=1S/C37H32BrNO6/c1-3-39-35(43)24-15-14-23-26(31(24)36(39)44)18-27-33(41)25(20-10-6-4-7-11-20)19-30(40)37(27,22-12-8-5-9-13-22)32(23)21-16-28(38)34(42)29(17-21)45-2/h4-14,16-17,19,24,26-27,31-32,42H,3,15,18H2,1-2H3/t24-,26+,27-,31-,32-,37-/m0/s1. The van der Waals surface area contributed by atoms with Crippen molar-refractivity contribution < 1.29 is 29.0 Å². The SMILES string of the molecule is CCN1C(=O)[C@H]2[C@H](CC=C3[C@H]2C[C@H]2C(=O)C(c4ccccc4)=CC(=O)[C@@]2(c2ccccc2)[C@H]3c2cc(Br)c(O)c(OC)c2)C1=O. The number of benzene rings is 3. The lowest BCUT2D eigenvalue weighted by molar-refractivity contribution is -0.140. The minimum atomic E-state index is -1.34. The van der Waals surface area contributed by atoms with Crippen LogP contribution in [0.5, 0.6) is 11.5 Å². The van der Waals surface area contributed by atoms with E-state index >= 15 is 4.79 Å². The molecule has 1 N–H and O–H groups in total. The number of amides is 2. The number of halogens is 1. The molecule has 1 saturated heterocycles.